The molecule has 0 heterocycles. The lowest BCUT2D eigenvalue weighted by Gasteiger charge is -2.16. The Bertz CT molecular complexity index is 160. The molecule has 0 aromatic rings. The van der Waals surface area contributed by atoms with Gasteiger partial charge in [-0.1, -0.05) is 26.7 Å². The van der Waals surface area contributed by atoms with Gasteiger partial charge in [-0.2, -0.15) is 12.6 Å². The summed E-state index contributed by atoms with van der Waals surface area (Å²) in [7, 11) is 0. The fraction of sp³-hybridized carbons (Fsp3) is 1.00. The molecule has 17 heavy (non-hydrogen) atoms. The average molecular weight is 283 g/mol. The molecule has 0 aromatic heterocycles. The van der Waals surface area contributed by atoms with Crippen molar-refractivity contribution in [3.63, 3.8) is 0 Å². The summed E-state index contributed by atoms with van der Waals surface area (Å²) >= 11 is 10.0. The minimum atomic E-state index is 0.0588. The highest BCUT2D eigenvalue weighted by atomic mass is 35.5. The number of rotatable bonds is 12. The normalized spacial score (nSPS) is 12.0. The molecular weight excluding hydrogens is 256 g/mol. The predicted octanol–water partition coefficient (Wildman–Crippen LogP) is 3.92. The van der Waals surface area contributed by atoms with Crippen molar-refractivity contribution in [2.75, 3.05) is 32.3 Å². The van der Waals surface area contributed by atoms with E-state index < -0.39 is 0 Å². The Kier molecular flexibility index (Phi) is 12.0. The van der Waals surface area contributed by atoms with Gasteiger partial charge in [-0.15, -0.1) is 11.6 Å². The summed E-state index contributed by atoms with van der Waals surface area (Å²) in [5.74, 6) is 0.774. The number of halogens is 1. The van der Waals surface area contributed by atoms with Gasteiger partial charge in [0.05, 0.1) is 13.2 Å². The fourth-order valence-electron chi connectivity index (χ4n) is 1.30. The molecule has 0 saturated carbocycles. The van der Waals surface area contributed by atoms with E-state index in [9.17, 15) is 0 Å². The SMILES string of the molecule is CC(C)(S)CCOCCOCCCCCCCl. The molecule has 0 amide bonds. The summed E-state index contributed by atoms with van der Waals surface area (Å²) in [5.41, 5.74) is 0. The van der Waals surface area contributed by atoms with Gasteiger partial charge in [-0.05, 0) is 19.3 Å². The molecule has 0 unspecified atom stereocenters. The van der Waals surface area contributed by atoms with Gasteiger partial charge >= 0.3 is 0 Å². The molecule has 104 valence electrons. The first-order valence-corrected chi connectivity index (χ1v) is 7.48. The van der Waals surface area contributed by atoms with Crippen LogP contribution in [0.4, 0.5) is 0 Å². The van der Waals surface area contributed by atoms with Crippen molar-refractivity contribution in [1.29, 1.82) is 0 Å². The quantitative estimate of drug-likeness (QED) is 0.332. The number of alkyl halides is 1. The van der Waals surface area contributed by atoms with Crippen LogP contribution in [-0.4, -0.2) is 37.1 Å². The van der Waals surface area contributed by atoms with E-state index in [1.165, 1.54) is 12.8 Å². The first-order chi connectivity index (χ1) is 8.06. The van der Waals surface area contributed by atoms with E-state index in [0.717, 1.165) is 38.4 Å². The zero-order valence-corrected chi connectivity index (χ0v) is 12.9. The Morgan fingerprint density at radius 1 is 0.882 bits per heavy atom. The molecule has 0 spiro atoms. The minimum Gasteiger partial charge on any atom is -0.379 e. The third-order valence-electron chi connectivity index (χ3n) is 2.40. The van der Waals surface area contributed by atoms with E-state index >= 15 is 0 Å². The zero-order valence-electron chi connectivity index (χ0n) is 11.2. The van der Waals surface area contributed by atoms with Crippen LogP contribution in [0.5, 0.6) is 0 Å². The molecule has 4 heteroatoms. The Morgan fingerprint density at radius 2 is 1.47 bits per heavy atom. The maximum Gasteiger partial charge on any atom is 0.0700 e. The van der Waals surface area contributed by atoms with Gasteiger partial charge in [-0.3, -0.25) is 0 Å². The van der Waals surface area contributed by atoms with Crippen molar-refractivity contribution in [3.05, 3.63) is 0 Å². The van der Waals surface area contributed by atoms with Crippen LogP contribution in [0.2, 0.25) is 0 Å². The monoisotopic (exact) mass is 282 g/mol. The zero-order chi connectivity index (χ0) is 13.0. The van der Waals surface area contributed by atoms with Crippen LogP contribution < -0.4 is 0 Å². The molecule has 0 aliphatic rings. The average Bonchev–Trinajstić information content (AvgIpc) is 2.24. The lowest BCUT2D eigenvalue weighted by molar-refractivity contribution is 0.0438. The van der Waals surface area contributed by atoms with Crippen LogP contribution in [0, 0.1) is 0 Å². The van der Waals surface area contributed by atoms with Crippen molar-refractivity contribution in [2.45, 2.75) is 50.7 Å². The molecule has 0 atom stereocenters. The molecule has 0 saturated heterocycles. The van der Waals surface area contributed by atoms with E-state index in [-0.39, 0.29) is 4.75 Å². The largest absolute Gasteiger partial charge is 0.379 e. The van der Waals surface area contributed by atoms with Crippen molar-refractivity contribution in [3.8, 4) is 0 Å². The van der Waals surface area contributed by atoms with Crippen LogP contribution in [0.25, 0.3) is 0 Å². The number of hydrogen-bond donors (Lipinski definition) is 1. The molecule has 0 bridgehead atoms. The molecule has 0 N–H and O–H groups in total. The van der Waals surface area contributed by atoms with Gasteiger partial charge < -0.3 is 9.47 Å². The van der Waals surface area contributed by atoms with Gasteiger partial charge in [0, 0.05) is 23.8 Å². The van der Waals surface area contributed by atoms with Crippen molar-refractivity contribution >= 4 is 24.2 Å². The third-order valence-corrected chi connectivity index (χ3v) is 2.89. The van der Waals surface area contributed by atoms with E-state index in [1.807, 2.05) is 0 Å². The number of unbranched alkanes of at least 4 members (excludes halogenated alkanes) is 3. The molecule has 0 aliphatic carbocycles. The number of thiol groups is 1. The molecule has 0 aliphatic heterocycles. The second-order valence-corrected chi connectivity index (χ2v) is 6.48. The summed E-state index contributed by atoms with van der Waals surface area (Å²) in [6.07, 6.45) is 5.63. The first kappa shape index (κ1) is 17.6. The van der Waals surface area contributed by atoms with Gasteiger partial charge in [0.25, 0.3) is 0 Å². The fourth-order valence-corrected chi connectivity index (χ4v) is 1.58. The van der Waals surface area contributed by atoms with Crippen LogP contribution >= 0.6 is 24.2 Å². The van der Waals surface area contributed by atoms with Crippen LogP contribution in [0.3, 0.4) is 0 Å². The Labute approximate surface area is 117 Å². The highest BCUT2D eigenvalue weighted by Gasteiger charge is 2.10. The maximum atomic E-state index is 5.59. The molecule has 0 aromatic carbocycles. The molecule has 0 radical (unpaired) electrons. The molecule has 0 fully saturated rings. The highest BCUT2D eigenvalue weighted by molar-refractivity contribution is 7.81. The standard InChI is InChI=1S/C13H27ClO2S/c1-13(2,17)7-10-16-12-11-15-9-6-4-3-5-8-14/h17H,3-12H2,1-2H3. The third kappa shape index (κ3) is 16.6. The van der Waals surface area contributed by atoms with Crippen LogP contribution in [-0.2, 0) is 9.47 Å². The number of ether oxygens (including phenoxy) is 2. The van der Waals surface area contributed by atoms with Gasteiger partial charge in [0.15, 0.2) is 0 Å². The molecular formula is C13H27ClO2S. The van der Waals surface area contributed by atoms with E-state index in [2.05, 4.69) is 26.5 Å². The predicted molar refractivity (Wildman–Crippen MR) is 78.5 cm³/mol. The Hall–Kier alpha value is 0.560. The van der Waals surface area contributed by atoms with Gasteiger partial charge in [0.1, 0.15) is 0 Å². The van der Waals surface area contributed by atoms with E-state index in [1.54, 1.807) is 0 Å². The number of hydrogen-bond acceptors (Lipinski definition) is 3. The lowest BCUT2D eigenvalue weighted by atomic mass is 10.1. The topological polar surface area (TPSA) is 18.5 Å². The summed E-state index contributed by atoms with van der Waals surface area (Å²) in [6.45, 7) is 7.17. The second-order valence-electron chi connectivity index (χ2n) is 4.89. The Morgan fingerprint density at radius 3 is 2.06 bits per heavy atom. The van der Waals surface area contributed by atoms with Crippen LogP contribution in [0.1, 0.15) is 46.0 Å². The van der Waals surface area contributed by atoms with E-state index in [0.29, 0.717) is 13.2 Å². The van der Waals surface area contributed by atoms with Crippen LogP contribution in [0.15, 0.2) is 0 Å². The maximum absolute atomic E-state index is 5.59. The van der Waals surface area contributed by atoms with Crippen molar-refractivity contribution in [2.24, 2.45) is 0 Å². The van der Waals surface area contributed by atoms with E-state index in [4.69, 9.17) is 21.1 Å². The summed E-state index contributed by atoms with van der Waals surface area (Å²) < 4.78 is 11.0. The summed E-state index contributed by atoms with van der Waals surface area (Å²) in [5, 5.41) is 0. The smallest absolute Gasteiger partial charge is 0.0700 e. The second kappa shape index (κ2) is 11.6. The summed E-state index contributed by atoms with van der Waals surface area (Å²) in [4.78, 5) is 0. The highest BCUT2D eigenvalue weighted by Crippen LogP contribution is 2.16. The van der Waals surface area contributed by atoms with Gasteiger partial charge in [0.2, 0.25) is 0 Å². The first-order valence-electron chi connectivity index (χ1n) is 6.50. The van der Waals surface area contributed by atoms with Crippen molar-refractivity contribution in [1.82, 2.24) is 0 Å². The van der Waals surface area contributed by atoms with Gasteiger partial charge in [-0.25, -0.2) is 0 Å². The Balaban J connectivity index is 2.99. The van der Waals surface area contributed by atoms with Crippen molar-refractivity contribution < 1.29 is 9.47 Å². The minimum absolute atomic E-state index is 0.0588. The summed E-state index contributed by atoms with van der Waals surface area (Å²) in [6, 6.07) is 0. The lowest BCUT2D eigenvalue weighted by Crippen LogP contribution is -2.15. The molecule has 2 nitrogen and oxygen atoms in total. The molecule has 0 rings (SSSR count).